The summed E-state index contributed by atoms with van der Waals surface area (Å²) in [5.74, 6) is -0.0741. The Balaban J connectivity index is 2.31. The van der Waals surface area contributed by atoms with Crippen LogP contribution in [0.2, 0.25) is 0 Å². The van der Waals surface area contributed by atoms with Crippen LogP contribution in [0.1, 0.15) is 19.8 Å². The van der Waals surface area contributed by atoms with Crippen molar-refractivity contribution in [1.82, 2.24) is 10.2 Å². The van der Waals surface area contributed by atoms with E-state index in [1.165, 1.54) is 6.08 Å². The third-order valence-corrected chi connectivity index (χ3v) is 2.47. The molecule has 84 valence electrons. The molecular formula is C10H17N3O2. The molecule has 0 unspecified atom stereocenters. The summed E-state index contributed by atoms with van der Waals surface area (Å²) in [5, 5.41) is 2.87. The number of urea groups is 1. The number of carbonyl (C=O) groups is 2. The number of nitrogens with zero attached hydrogens (tertiary/aromatic N) is 1. The first-order valence-corrected chi connectivity index (χ1v) is 5.11. The standard InChI is InChI=1S/C10H17N3O2/c1-2-3-9(14)12-8-4-6-13(7-5-8)10(11)15/h2-3,8H,4-7H2,1H3,(H2,11,15)(H,12,14)/b3-2+. The average Bonchev–Trinajstić information content (AvgIpc) is 2.18. The van der Waals surface area contributed by atoms with Crippen LogP contribution in [0, 0.1) is 0 Å². The Morgan fingerprint density at radius 3 is 2.47 bits per heavy atom. The smallest absolute Gasteiger partial charge is 0.314 e. The molecule has 3 N–H and O–H groups in total. The quantitative estimate of drug-likeness (QED) is 0.641. The molecule has 0 aromatic rings. The molecule has 1 saturated heterocycles. The van der Waals surface area contributed by atoms with Crippen LogP contribution in [0.5, 0.6) is 0 Å². The van der Waals surface area contributed by atoms with Gasteiger partial charge < -0.3 is 16.0 Å². The molecule has 0 atom stereocenters. The number of hydrogen-bond acceptors (Lipinski definition) is 2. The summed E-state index contributed by atoms with van der Waals surface area (Å²) in [4.78, 5) is 23.7. The van der Waals surface area contributed by atoms with Crippen molar-refractivity contribution in [3.05, 3.63) is 12.2 Å². The van der Waals surface area contributed by atoms with Crippen molar-refractivity contribution in [3.8, 4) is 0 Å². The van der Waals surface area contributed by atoms with Gasteiger partial charge in [-0.1, -0.05) is 6.08 Å². The maximum absolute atomic E-state index is 11.2. The Labute approximate surface area is 89.3 Å². The van der Waals surface area contributed by atoms with Crippen LogP contribution < -0.4 is 11.1 Å². The second-order valence-corrected chi connectivity index (χ2v) is 3.61. The van der Waals surface area contributed by atoms with Crippen LogP contribution >= 0.6 is 0 Å². The number of amides is 3. The van der Waals surface area contributed by atoms with Gasteiger partial charge in [-0.05, 0) is 25.8 Å². The minimum absolute atomic E-state index is 0.0741. The van der Waals surface area contributed by atoms with Gasteiger partial charge in [0.2, 0.25) is 5.91 Å². The molecule has 1 heterocycles. The van der Waals surface area contributed by atoms with E-state index >= 15 is 0 Å². The summed E-state index contributed by atoms with van der Waals surface area (Å²) in [6.45, 7) is 3.04. The van der Waals surface area contributed by atoms with Crippen LogP contribution in [0.25, 0.3) is 0 Å². The van der Waals surface area contributed by atoms with Crippen LogP contribution in [-0.4, -0.2) is 36.0 Å². The summed E-state index contributed by atoms with van der Waals surface area (Å²) in [6.07, 6.45) is 4.74. The van der Waals surface area contributed by atoms with Gasteiger partial charge in [-0.15, -0.1) is 0 Å². The van der Waals surface area contributed by atoms with Gasteiger partial charge in [-0.25, -0.2) is 4.79 Å². The second kappa shape index (κ2) is 5.38. The summed E-state index contributed by atoms with van der Waals surface area (Å²) < 4.78 is 0. The van der Waals surface area contributed by atoms with Gasteiger partial charge >= 0.3 is 6.03 Å². The highest BCUT2D eigenvalue weighted by molar-refractivity contribution is 5.87. The molecule has 5 nitrogen and oxygen atoms in total. The fourth-order valence-electron chi connectivity index (χ4n) is 1.64. The van der Waals surface area contributed by atoms with Crippen molar-refractivity contribution in [2.45, 2.75) is 25.8 Å². The topological polar surface area (TPSA) is 75.4 Å². The lowest BCUT2D eigenvalue weighted by atomic mass is 10.1. The first kappa shape index (κ1) is 11.6. The molecule has 0 saturated carbocycles. The molecule has 1 aliphatic rings. The van der Waals surface area contributed by atoms with E-state index in [0.29, 0.717) is 13.1 Å². The highest BCUT2D eigenvalue weighted by atomic mass is 16.2. The molecule has 0 radical (unpaired) electrons. The maximum atomic E-state index is 11.2. The molecular weight excluding hydrogens is 194 g/mol. The first-order valence-electron chi connectivity index (χ1n) is 5.11. The Morgan fingerprint density at radius 1 is 1.40 bits per heavy atom. The monoisotopic (exact) mass is 211 g/mol. The minimum atomic E-state index is -0.381. The van der Waals surface area contributed by atoms with E-state index in [1.807, 2.05) is 0 Å². The van der Waals surface area contributed by atoms with Gasteiger partial charge in [0.15, 0.2) is 0 Å². The van der Waals surface area contributed by atoms with Gasteiger partial charge in [-0.3, -0.25) is 4.79 Å². The largest absolute Gasteiger partial charge is 0.351 e. The van der Waals surface area contributed by atoms with Crippen molar-refractivity contribution in [2.24, 2.45) is 5.73 Å². The molecule has 0 bridgehead atoms. The molecule has 1 aliphatic heterocycles. The SMILES string of the molecule is C/C=C/C(=O)NC1CCN(C(N)=O)CC1. The van der Waals surface area contributed by atoms with E-state index < -0.39 is 0 Å². The summed E-state index contributed by atoms with van der Waals surface area (Å²) >= 11 is 0. The number of nitrogens with two attached hydrogens (primary N) is 1. The van der Waals surface area contributed by atoms with Crippen LogP contribution in [0.15, 0.2) is 12.2 Å². The number of allylic oxidation sites excluding steroid dienone is 1. The molecule has 1 fully saturated rings. The van der Waals surface area contributed by atoms with Gasteiger partial charge in [0.05, 0.1) is 0 Å². The lowest BCUT2D eigenvalue weighted by Crippen LogP contribution is -2.47. The van der Waals surface area contributed by atoms with Crippen molar-refractivity contribution in [3.63, 3.8) is 0 Å². The van der Waals surface area contributed by atoms with E-state index in [4.69, 9.17) is 5.73 Å². The van der Waals surface area contributed by atoms with Gasteiger partial charge in [-0.2, -0.15) is 0 Å². The van der Waals surface area contributed by atoms with E-state index in [9.17, 15) is 9.59 Å². The normalized spacial score (nSPS) is 18.1. The molecule has 1 rings (SSSR count). The number of nitrogens with one attached hydrogen (secondary N) is 1. The second-order valence-electron chi connectivity index (χ2n) is 3.61. The zero-order chi connectivity index (χ0) is 11.3. The van der Waals surface area contributed by atoms with E-state index in [0.717, 1.165) is 12.8 Å². The van der Waals surface area contributed by atoms with Gasteiger partial charge in [0, 0.05) is 19.1 Å². The number of likely N-dealkylation sites (tertiary alicyclic amines) is 1. The number of rotatable bonds is 2. The molecule has 3 amide bonds. The van der Waals surface area contributed by atoms with Crippen molar-refractivity contribution >= 4 is 11.9 Å². The molecule has 15 heavy (non-hydrogen) atoms. The lowest BCUT2D eigenvalue weighted by molar-refractivity contribution is -0.117. The maximum Gasteiger partial charge on any atom is 0.314 e. The number of piperidine rings is 1. The zero-order valence-electron chi connectivity index (χ0n) is 8.90. The van der Waals surface area contributed by atoms with Gasteiger partial charge in [0.25, 0.3) is 0 Å². The summed E-state index contributed by atoms with van der Waals surface area (Å²) in [7, 11) is 0. The van der Waals surface area contributed by atoms with Gasteiger partial charge in [0.1, 0.15) is 0 Å². The molecule has 0 aromatic heterocycles. The predicted molar refractivity (Wildman–Crippen MR) is 57.1 cm³/mol. The highest BCUT2D eigenvalue weighted by Gasteiger charge is 2.21. The average molecular weight is 211 g/mol. The van der Waals surface area contributed by atoms with Crippen molar-refractivity contribution in [2.75, 3.05) is 13.1 Å². The lowest BCUT2D eigenvalue weighted by Gasteiger charge is -2.30. The third-order valence-electron chi connectivity index (χ3n) is 2.47. The number of carbonyl (C=O) groups excluding carboxylic acids is 2. The Kier molecular flexibility index (Phi) is 4.15. The number of primary amides is 1. The van der Waals surface area contributed by atoms with E-state index in [1.54, 1.807) is 17.9 Å². The Morgan fingerprint density at radius 2 is 2.00 bits per heavy atom. The predicted octanol–water partition coefficient (Wildman–Crippen LogP) is 0.222. The molecule has 0 spiro atoms. The Bertz CT molecular complexity index is 268. The summed E-state index contributed by atoms with van der Waals surface area (Å²) in [6, 6.07) is -0.225. The Hall–Kier alpha value is -1.52. The van der Waals surface area contributed by atoms with Crippen LogP contribution in [0.3, 0.4) is 0 Å². The van der Waals surface area contributed by atoms with Crippen molar-refractivity contribution < 1.29 is 9.59 Å². The fourth-order valence-corrected chi connectivity index (χ4v) is 1.64. The fraction of sp³-hybridized carbons (Fsp3) is 0.600. The molecule has 0 aliphatic carbocycles. The number of hydrogen-bond donors (Lipinski definition) is 2. The van der Waals surface area contributed by atoms with Crippen LogP contribution in [-0.2, 0) is 4.79 Å². The third kappa shape index (κ3) is 3.61. The molecule has 5 heteroatoms. The minimum Gasteiger partial charge on any atom is -0.351 e. The summed E-state index contributed by atoms with van der Waals surface area (Å²) in [5.41, 5.74) is 5.15. The zero-order valence-corrected chi connectivity index (χ0v) is 8.90. The van der Waals surface area contributed by atoms with E-state index in [2.05, 4.69) is 5.32 Å². The van der Waals surface area contributed by atoms with Crippen molar-refractivity contribution in [1.29, 1.82) is 0 Å². The van der Waals surface area contributed by atoms with Crippen LogP contribution in [0.4, 0.5) is 4.79 Å². The highest BCUT2D eigenvalue weighted by Crippen LogP contribution is 2.09. The first-order chi connectivity index (χ1) is 7.13. The van der Waals surface area contributed by atoms with E-state index in [-0.39, 0.29) is 18.0 Å². The molecule has 0 aromatic carbocycles.